The predicted molar refractivity (Wildman–Crippen MR) is 72.7 cm³/mol. The third-order valence-electron chi connectivity index (χ3n) is 2.35. The lowest BCUT2D eigenvalue weighted by Crippen LogP contribution is -2.68. The Bertz CT molecular complexity index is 355. The van der Waals surface area contributed by atoms with E-state index in [1.54, 1.807) is 35.0 Å². The maximum Gasteiger partial charge on any atom is 0.349 e. The van der Waals surface area contributed by atoms with Crippen molar-refractivity contribution >= 4 is 17.8 Å². The first-order valence-corrected chi connectivity index (χ1v) is 6.52. The Kier molecular flexibility index (Phi) is 6.64. The van der Waals surface area contributed by atoms with Crippen LogP contribution in [0.1, 0.15) is 20.8 Å². The molecule has 0 aliphatic rings. The van der Waals surface area contributed by atoms with Crippen molar-refractivity contribution in [2.45, 2.75) is 26.3 Å². The number of carbonyl (C=O) groups excluding carboxylic acids is 3. The molecular formula is C13H25N2O5+. The lowest BCUT2D eigenvalue weighted by molar-refractivity contribution is -0.872. The average Bonchev–Trinajstić information content (AvgIpc) is 2.25. The Labute approximate surface area is 119 Å². The van der Waals surface area contributed by atoms with Crippen molar-refractivity contribution in [1.82, 2.24) is 5.32 Å². The lowest BCUT2D eigenvalue weighted by Gasteiger charge is -2.35. The van der Waals surface area contributed by atoms with Crippen molar-refractivity contribution in [3.05, 3.63) is 0 Å². The molecular weight excluding hydrogens is 264 g/mol. The number of amides is 1. The second kappa shape index (κ2) is 7.23. The minimum atomic E-state index is -1.82. The summed E-state index contributed by atoms with van der Waals surface area (Å²) in [5.74, 6) is -2.11. The molecule has 0 atom stereocenters. The molecule has 0 bridgehead atoms. The largest absolute Gasteiger partial charge is 0.464 e. The first-order valence-electron chi connectivity index (χ1n) is 6.52. The van der Waals surface area contributed by atoms with Gasteiger partial charge in [-0.1, -0.05) is 0 Å². The molecule has 0 aliphatic carbocycles. The molecule has 7 nitrogen and oxygen atoms in total. The standard InChI is InChI=1S/C13H24N2O5/c1-7-19-11(17)13(14-10(3)16,9-15(4,5)6)12(18)20-8-2/h7-9H2,1-6H3/p+1. The van der Waals surface area contributed by atoms with Crippen LogP contribution in [0.4, 0.5) is 0 Å². The van der Waals surface area contributed by atoms with E-state index in [2.05, 4.69) is 5.32 Å². The molecule has 0 rings (SSSR count). The van der Waals surface area contributed by atoms with Gasteiger partial charge in [0.05, 0.1) is 34.4 Å². The fourth-order valence-corrected chi connectivity index (χ4v) is 1.87. The number of likely N-dealkylation sites (N-methyl/N-ethyl adjacent to an activating group) is 1. The van der Waals surface area contributed by atoms with Gasteiger partial charge < -0.3 is 19.3 Å². The number of hydrogen-bond acceptors (Lipinski definition) is 5. The number of ether oxygens (including phenoxy) is 2. The zero-order valence-electron chi connectivity index (χ0n) is 13.1. The third kappa shape index (κ3) is 5.16. The first-order chi connectivity index (χ1) is 9.09. The molecule has 0 radical (unpaired) electrons. The molecule has 7 heteroatoms. The Morgan fingerprint density at radius 2 is 1.40 bits per heavy atom. The van der Waals surface area contributed by atoms with Gasteiger partial charge >= 0.3 is 11.9 Å². The van der Waals surface area contributed by atoms with Gasteiger partial charge in [0.15, 0.2) is 0 Å². The summed E-state index contributed by atoms with van der Waals surface area (Å²) in [6.45, 7) is 4.75. The van der Waals surface area contributed by atoms with Gasteiger partial charge in [-0.15, -0.1) is 0 Å². The average molecular weight is 289 g/mol. The van der Waals surface area contributed by atoms with Crippen molar-refractivity contribution in [3.63, 3.8) is 0 Å². The Hall–Kier alpha value is -1.63. The van der Waals surface area contributed by atoms with E-state index in [-0.39, 0.29) is 24.2 Å². The minimum absolute atomic E-state index is 0.0320. The van der Waals surface area contributed by atoms with Crippen LogP contribution in [0.25, 0.3) is 0 Å². The van der Waals surface area contributed by atoms with Crippen molar-refractivity contribution in [3.8, 4) is 0 Å². The molecule has 0 aliphatic heterocycles. The number of carbonyl (C=O) groups is 3. The molecule has 1 amide bonds. The predicted octanol–water partition coefficient (Wildman–Crippen LogP) is -0.306. The Morgan fingerprint density at radius 3 is 1.65 bits per heavy atom. The molecule has 0 saturated heterocycles. The van der Waals surface area contributed by atoms with Crippen molar-refractivity contribution < 1.29 is 28.3 Å². The molecule has 0 spiro atoms. The van der Waals surface area contributed by atoms with Crippen LogP contribution in [-0.2, 0) is 23.9 Å². The van der Waals surface area contributed by atoms with Crippen LogP contribution < -0.4 is 5.32 Å². The van der Waals surface area contributed by atoms with E-state index in [9.17, 15) is 14.4 Å². The van der Waals surface area contributed by atoms with Crippen LogP contribution in [0.3, 0.4) is 0 Å². The molecule has 20 heavy (non-hydrogen) atoms. The van der Waals surface area contributed by atoms with Gasteiger partial charge in [-0.2, -0.15) is 0 Å². The van der Waals surface area contributed by atoms with Crippen molar-refractivity contribution in [2.24, 2.45) is 0 Å². The number of rotatable bonds is 7. The number of nitrogens with one attached hydrogen (secondary N) is 1. The fraction of sp³-hybridized carbons (Fsp3) is 0.769. The van der Waals surface area contributed by atoms with Crippen LogP contribution >= 0.6 is 0 Å². The zero-order valence-corrected chi connectivity index (χ0v) is 13.1. The molecule has 0 aromatic carbocycles. The normalized spacial score (nSPS) is 11.7. The zero-order chi connectivity index (χ0) is 16.0. The van der Waals surface area contributed by atoms with Gasteiger partial charge in [-0.05, 0) is 13.8 Å². The molecule has 0 aromatic rings. The van der Waals surface area contributed by atoms with Gasteiger partial charge in [0, 0.05) is 6.92 Å². The summed E-state index contributed by atoms with van der Waals surface area (Å²) in [7, 11) is 5.40. The summed E-state index contributed by atoms with van der Waals surface area (Å²) < 4.78 is 10.2. The fourth-order valence-electron chi connectivity index (χ4n) is 1.87. The van der Waals surface area contributed by atoms with Gasteiger partial charge in [0.1, 0.15) is 6.54 Å². The summed E-state index contributed by atoms with van der Waals surface area (Å²) in [5.41, 5.74) is -1.82. The van der Waals surface area contributed by atoms with E-state index in [0.29, 0.717) is 0 Å². The first kappa shape index (κ1) is 18.4. The Morgan fingerprint density at radius 1 is 1.00 bits per heavy atom. The maximum atomic E-state index is 12.2. The van der Waals surface area contributed by atoms with E-state index < -0.39 is 23.4 Å². The highest BCUT2D eigenvalue weighted by molar-refractivity contribution is 6.07. The number of esters is 2. The van der Waals surface area contributed by atoms with Crippen molar-refractivity contribution in [2.75, 3.05) is 40.9 Å². The maximum absolute atomic E-state index is 12.2. The molecule has 116 valence electrons. The molecule has 0 fully saturated rings. The second-order valence-corrected chi connectivity index (χ2v) is 5.48. The van der Waals surface area contributed by atoms with E-state index >= 15 is 0 Å². The summed E-state index contributed by atoms with van der Waals surface area (Å²) in [6.07, 6.45) is 0. The lowest BCUT2D eigenvalue weighted by atomic mass is 9.98. The number of nitrogens with zero attached hydrogens (tertiary/aromatic N) is 1. The highest BCUT2D eigenvalue weighted by Crippen LogP contribution is 2.15. The second-order valence-electron chi connectivity index (χ2n) is 5.48. The van der Waals surface area contributed by atoms with Gasteiger partial charge in [-0.3, -0.25) is 4.79 Å². The summed E-state index contributed by atoms with van der Waals surface area (Å²) >= 11 is 0. The smallest absolute Gasteiger partial charge is 0.349 e. The highest BCUT2D eigenvalue weighted by atomic mass is 16.6. The van der Waals surface area contributed by atoms with E-state index in [0.717, 1.165) is 0 Å². The number of hydrogen-bond donors (Lipinski definition) is 1. The highest BCUT2D eigenvalue weighted by Gasteiger charge is 2.54. The molecule has 1 N–H and O–H groups in total. The van der Waals surface area contributed by atoms with Gasteiger partial charge in [-0.25, -0.2) is 9.59 Å². The molecule has 0 saturated carbocycles. The molecule has 0 aromatic heterocycles. The quantitative estimate of drug-likeness (QED) is 0.395. The van der Waals surface area contributed by atoms with Crippen LogP contribution in [0, 0.1) is 0 Å². The van der Waals surface area contributed by atoms with E-state index in [1.165, 1.54) is 6.92 Å². The minimum Gasteiger partial charge on any atom is -0.464 e. The summed E-state index contributed by atoms with van der Waals surface area (Å²) in [4.78, 5) is 35.9. The monoisotopic (exact) mass is 289 g/mol. The SMILES string of the molecule is CCOC(=O)C(C[N+](C)(C)C)(NC(C)=O)C(=O)OCC. The summed E-state index contributed by atoms with van der Waals surface area (Å²) in [6, 6.07) is 0. The van der Waals surface area contributed by atoms with Crippen LogP contribution in [-0.4, -0.2) is 68.8 Å². The topological polar surface area (TPSA) is 81.7 Å². The molecule has 0 heterocycles. The van der Waals surface area contributed by atoms with Crippen LogP contribution in [0.5, 0.6) is 0 Å². The Balaban J connectivity index is 5.68. The van der Waals surface area contributed by atoms with Crippen LogP contribution in [0.2, 0.25) is 0 Å². The van der Waals surface area contributed by atoms with E-state index in [4.69, 9.17) is 9.47 Å². The number of quaternary nitrogens is 1. The van der Waals surface area contributed by atoms with E-state index in [1.807, 2.05) is 0 Å². The van der Waals surface area contributed by atoms with Gasteiger partial charge in [0.2, 0.25) is 5.91 Å². The summed E-state index contributed by atoms with van der Waals surface area (Å²) in [5, 5.41) is 2.42. The molecule has 0 unspecified atom stereocenters. The van der Waals surface area contributed by atoms with Gasteiger partial charge in [0.25, 0.3) is 5.54 Å². The van der Waals surface area contributed by atoms with Crippen LogP contribution in [0.15, 0.2) is 0 Å². The van der Waals surface area contributed by atoms with Crippen molar-refractivity contribution in [1.29, 1.82) is 0 Å². The third-order valence-corrected chi connectivity index (χ3v) is 2.35.